The zero-order valence-corrected chi connectivity index (χ0v) is 15.2. The van der Waals surface area contributed by atoms with Gasteiger partial charge >= 0.3 is 0 Å². The summed E-state index contributed by atoms with van der Waals surface area (Å²) < 4.78 is 0. The first-order valence-electron chi connectivity index (χ1n) is 9.40. The standard InChI is InChI=1S/C20H33Cl/c1-17(2)9-5-10-18(3)16(17)7-6-15-12-19(4,21)14-8-11-20(15,18)13-14/h14-16H,5-13H2,1-4H3/t14-,15-,16-,18-,19+,20-/m0/s1. The Bertz CT molecular complexity index is 451. The molecule has 0 unspecified atom stereocenters. The van der Waals surface area contributed by atoms with Crippen molar-refractivity contribution in [1.29, 1.82) is 0 Å². The van der Waals surface area contributed by atoms with Crippen molar-refractivity contribution in [3.05, 3.63) is 0 Å². The number of fused-ring (bicyclic) bond motifs is 2. The van der Waals surface area contributed by atoms with Gasteiger partial charge in [0, 0.05) is 4.87 Å². The summed E-state index contributed by atoms with van der Waals surface area (Å²) in [6.45, 7) is 10.2. The molecule has 1 heteroatoms. The smallest absolute Gasteiger partial charge is 0.0449 e. The number of hydrogen-bond acceptors (Lipinski definition) is 0. The maximum absolute atomic E-state index is 6.96. The van der Waals surface area contributed by atoms with Gasteiger partial charge in [-0.3, -0.25) is 0 Å². The Balaban J connectivity index is 1.77. The lowest BCUT2D eigenvalue weighted by Crippen LogP contribution is -2.60. The van der Waals surface area contributed by atoms with Crippen molar-refractivity contribution >= 4 is 11.6 Å². The molecule has 0 radical (unpaired) electrons. The normalized spacial score (nSPS) is 58.4. The monoisotopic (exact) mass is 308 g/mol. The summed E-state index contributed by atoms with van der Waals surface area (Å²) in [6, 6.07) is 0. The second-order valence-electron chi connectivity index (χ2n) is 10.2. The number of rotatable bonds is 0. The fraction of sp³-hybridized carbons (Fsp3) is 1.00. The van der Waals surface area contributed by atoms with Crippen molar-refractivity contribution in [1.82, 2.24) is 0 Å². The Hall–Kier alpha value is 0.290. The van der Waals surface area contributed by atoms with E-state index in [1.54, 1.807) is 0 Å². The first-order valence-corrected chi connectivity index (χ1v) is 9.78. The molecule has 2 bridgehead atoms. The van der Waals surface area contributed by atoms with Crippen LogP contribution in [0.5, 0.6) is 0 Å². The Kier molecular flexibility index (Phi) is 2.99. The van der Waals surface area contributed by atoms with Crippen LogP contribution in [0, 0.1) is 34.0 Å². The average Bonchev–Trinajstić information content (AvgIpc) is 2.77. The Morgan fingerprint density at radius 3 is 2.33 bits per heavy atom. The molecule has 0 aliphatic heterocycles. The molecule has 0 amide bonds. The van der Waals surface area contributed by atoms with E-state index >= 15 is 0 Å². The molecule has 1 spiro atoms. The molecule has 4 rings (SSSR count). The van der Waals surface area contributed by atoms with E-state index < -0.39 is 0 Å². The average molecular weight is 309 g/mol. The third kappa shape index (κ3) is 1.75. The topological polar surface area (TPSA) is 0 Å². The number of alkyl halides is 1. The zero-order valence-electron chi connectivity index (χ0n) is 14.5. The molecule has 4 saturated carbocycles. The minimum Gasteiger partial charge on any atom is -0.119 e. The fourth-order valence-electron chi connectivity index (χ4n) is 7.96. The van der Waals surface area contributed by atoms with Gasteiger partial charge in [-0.25, -0.2) is 0 Å². The first-order chi connectivity index (χ1) is 9.71. The molecule has 120 valence electrons. The first kappa shape index (κ1) is 14.9. The highest BCUT2D eigenvalue weighted by Gasteiger charge is 2.67. The van der Waals surface area contributed by atoms with Crippen LogP contribution in [0.1, 0.15) is 85.5 Å². The predicted octanol–water partition coefficient (Wildman–Crippen LogP) is 6.42. The van der Waals surface area contributed by atoms with Gasteiger partial charge in [0.05, 0.1) is 0 Å². The van der Waals surface area contributed by atoms with Crippen LogP contribution in [0.15, 0.2) is 0 Å². The molecular weight excluding hydrogens is 276 g/mol. The largest absolute Gasteiger partial charge is 0.119 e. The lowest BCUT2D eigenvalue weighted by Gasteiger charge is -2.67. The molecule has 0 heterocycles. The van der Waals surface area contributed by atoms with Gasteiger partial charge in [-0.1, -0.05) is 27.2 Å². The van der Waals surface area contributed by atoms with E-state index in [2.05, 4.69) is 27.7 Å². The minimum atomic E-state index is 0.0953. The molecule has 6 atom stereocenters. The van der Waals surface area contributed by atoms with Gasteiger partial charge in [0.15, 0.2) is 0 Å². The number of halogens is 1. The van der Waals surface area contributed by atoms with Gasteiger partial charge in [-0.15, -0.1) is 11.6 Å². The van der Waals surface area contributed by atoms with E-state index in [4.69, 9.17) is 11.6 Å². The summed E-state index contributed by atoms with van der Waals surface area (Å²) in [5.74, 6) is 2.65. The van der Waals surface area contributed by atoms with Crippen LogP contribution in [0.3, 0.4) is 0 Å². The lowest BCUT2D eigenvalue weighted by atomic mass is 9.38. The molecule has 0 aromatic heterocycles. The second kappa shape index (κ2) is 4.22. The highest BCUT2D eigenvalue weighted by molar-refractivity contribution is 6.24. The fourth-order valence-corrected chi connectivity index (χ4v) is 8.34. The van der Waals surface area contributed by atoms with Gasteiger partial charge in [-0.2, -0.15) is 0 Å². The van der Waals surface area contributed by atoms with E-state index in [9.17, 15) is 0 Å². The maximum Gasteiger partial charge on any atom is 0.0449 e. The Morgan fingerprint density at radius 1 is 0.810 bits per heavy atom. The summed E-state index contributed by atoms with van der Waals surface area (Å²) >= 11 is 6.96. The van der Waals surface area contributed by atoms with Crippen molar-refractivity contribution in [3.63, 3.8) is 0 Å². The van der Waals surface area contributed by atoms with Crippen LogP contribution in [-0.4, -0.2) is 4.87 Å². The second-order valence-corrected chi connectivity index (χ2v) is 11.0. The van der Waals surface area contributed by atoms with Gasteiger partial charge < -0.3 is 0 Å². The molecule has 0 saturated heterocycles. The molecular formula is C20H33Cl. The van der Waals surface area contributed by atoms with Crippen LogP contribution in [0.25, 0.3) is 0 Å². The summed E-state index contributed by atoms with van der Waals surface area (Å²) in [5.41, 5.74) is 1.80. The molecule has 0 N–H and O–H groups in total. The van der Waals surface area contributed by atoms with Crippen molar-refractivity contribution < 1.29 is 0 Å². The van der Waals surface area contributed by atoms with Crippen LogP contribution in [0.4, 0.5) is 0 Å². The molecule has 21 heavy (non-hydrogen) atoms. The highest BCUT2D eigenvalue weighted by Crippen LogP contribution is 2.75. The molecule has 0 nitrogen and oxygen atoms in total. The van der Waals surface area contributed by atoms with E-state index in [1.165, 1.54) is 57.8 Å². The number of hydrogen-bond donors (Lipinski definition) is 0. The SMILES string of the molecule is CC1(C)CCC[C@@]2(C)[C@H]1CC[C@H]1C[C@@](C)(Cl)[C@H]3CC[C@]12C3. The summed E-state index contributed by atoms with van der Waals surface area (Å²) in [6.07, 6.45) is 12.9. The van der Waals surface area contributed by atoms with E-state index in [1.807, 2.05) is 0 Å². The third-order valence-corrected chi connectivity index (χ3v) is 9.46. The lowest BCUT2D eigenvalue weighted by molar-refractivity contribution is -0.170. The Morgan fingerprint density at radius 2 is 1.57 bits per heavy atom. The molecule has 4 aliphatic rings. The molecule has 4 aliphatic carbocycles. The van der Waals surface area contributed by atoms with Gasteiger partial charge in [0.1, 0.15) is 0 Å². The van der Waals surface area contributed by atoms with E-state index in [0.717, 1.165) is 17.8 Å². The van der Waals surface area contributed by atoms with Crippen LogP contribution in [0.2, 0.25) is 0 Å². The van der Waals surface area contributed by atoms with Crippen molar-refractivity contribution in [2.45, 2.75) is 90.4 Å². The van der Waals surface area contributed by atoms with Crippen LogP contribution in [-0.2, 0) is 0 Å². The zero-order chi connectivity index (χ0) is 15.1. The quantitative estimate of drug-likeness (QED) is 0.453. The van der Waals surface area contributed by atoms with Gasteiger partial charge in [0.2, 0.25) is 0 Å². The summed E-state index contributed by atoms with van der Waals surface area (Å²) in [4.78, 5) is 0.0953. The molecule has 0 aromatic carbocycles. The summed E-state index contributed by atoms with van der Waals surface area (Å²) in [5, 5.41) is 0. The minimum absolute atomic E-state index is 0.0953. The third-order valence-electron chi connectivity index (χ3n) is 9.00. The van der Waals surface area contributed by atoms with Gasteiger partial charge in [0.25, 0.3) is 0 Å². The van der Waals surface area contributed by atoms with Crippen molar-refractivity contribution in [2.75, 3.05) is 0 Å². The molecule has 4 fully saturated rings. The van der Waals surface area contributed by atoms with E-state index in [0.29, 0.717) is 16.2 Å². The van der Waals surface area contributed by atoms with Crippen LogP contribution < -0.4 is 0 Å². The Labute approximate surface area is 136 Å². The van der Waals surface area contributed by atoms with Crippen molar-refractivity contribution in [2.24, 2.45) is 34.0 Å². The predicted molar refractivity (Wildman–Crippen MR) is 90.6 cm³/mol. The highest BCUT2D eigenvalue weighted by atomic mass is 35.5. The van der Waals surface area contributed by atoms with Crippen molar-refractivity contribution in [3.8, 4) is 0 Å². The maximum atomic E-state index is 6.96. The molecule has 0 aromatic rings. The van der Waals surface area contributed by atoms with Crippen LogP contribution >= 0.6 is 11.6 Å². The van der Waals surface area contributed by atoms with Gasteiger partial charge in [-0.05, 0) is 92.3 Å². The summed E-state index contributed by atoms with van der Waals surface area (Å²) in [7, 11) is 0. The van der Waals surface area contributed by atoms with E-state index in [-0.39, 0.29) is 4.87 Å².